The van der Waals surface area contributed by atoms with Crippen LogP contribution in [0, 0.1) is 10.7 Å². The summed E-state index contributed by atoms with van der Waals surface area (Å²) < 4.78 is 4.65. The van der Waals surface area contributed by atoms with E-state index < -0.39 is 0 Å². The van der Waals surface area contributed by atoms with Crippen molar-refractivity contribution in [3.63, 3.8) is 0 Å². The molecule has 1 aliphatic carbocycles. The summed E-state index contributed by atoms with van der Waals surface area (Å²) in [6, 6.07) is 0.461. The van der Waals surface area contributed by atoms with Crippen LogP contribution in [0.4, 0.5) is 0 Å². The first-order valence-electron chi connectivity index (χ1n) is 7.62. The van der Waals surface area contributed by atoms with Crippen molar-refractivity contribution in [1.82, 2.24) is 19.2 Å². The third kappa shape index (κ3) is 3.48. The van der Waals surface area contributed by atoms with Crippen LogP contribution in [0.2, 0.25) is 0 Å². The molecule has 114 valence electrons. The molecule has 1 aromatic rings. The molecule has 0 amide bonds. The SMILES string of the molecule is CCC(C)CN(CC)Cn1nc(CO)n(C2CC2)c1=S. The Labute approximate surface area is 126 Å². The highest BCUT2D eigenvalue weighted by atomic mass is 32.1. The maximum Gasteiger partial charge on any atom is 0.199 e. The minimum Gasteiger partial charge on any atom is -0.388 e. The number of aliphatic hydroxyl groups excluding tert-OH is 1. The number of aliphatic hydroxyl groups is 1. The van der Waals surface area contributed by atoms with Gasteiger partial charge in [0.15, 0.2) is 10.6 Å². The van der Waals surface area contributed by atoms with Gasteiger partial charge in [-0.1, -0.05) is 27.2 Å². The second-order valence-electron chi connectivity index (χ2n) is 5.78. The molecule has 1 N–H and O–H groups in total. The lowest BCUT2D eigenvalue weighted by atomic mass is 10.1. The summed E-state index contributed by atoms with van der Waals surface area (Å²) in [5.74, 6) is 1.38. The van der Waals surface area contributed by atoms with Gasteiger partial charge < -0.3 is 5.11 Å². The molecule has 1 aliphatic rings. The maximum absolute atomic E-state index is 9.45. The van der Waals surface area contributed by atoms with Gasteiger partial charge in [-0.05, 0) is 37.5 Å². The van der Waals surface area contributed by atoms with Gasteiger partial charge in [0, 0.05) is 12.6 Å². The summed E-state index contributed by atoms with van der Waals surface area (Å²) in [5.41, 5.74) is 0. The molecule has 1 atom stereocenters. The highest BCUT2D eigenvalue weighted by Gasteiger charge is 2.28. The molecule has 0 aliphatic heterocycles. The quantitative estimate of drug-likeness (QED) is 0.749. The fourth-order valence-corrected chi connectivity index (χ4v) is 2.76. The van der Waals surface area contributed by atoms with Gasteiger partial charge in [-0.3, -0.25) is 9.47 Å². The molecule has 1 saturated carbocycles. The van der Waals surface area contributed by atoms with E-state index in [-0.39, 0.29) is 6.61 Å². The van der Waals surface area contributed by atoms with Crippen molar-refractivity contribution in [2.45, 2.75) is 59.4 Å². The zero-order chi connectivity index (χ0) is 14.7. The Kier molecular flexibility index (Phi) is 5.35. The van der Waals surface area contributed by atoms with Crippen LogP contribution < -0.4 is 0 Å². The lowest BCUT2D eigenvalue weighted by Gasteiger charge is -2.23. The number of rotatable bonds is 8. The second kappa shape index (κ2) is 6.83. The largest absolute Gasteiger partial charge is 0.388 e. The van der Waals surface area contributed by atoms with Gasteiger partial charge in [-0.15, -0.1) is 0 Å². The average molecular weight is 298 g/mol. The molecule has 2 rings (SSSR count). The third-order valence-corrected chi connectivity index (χ3v) is 4.45. The fraction of sp³-hybridized carbons (Fsp3) is 0.857. The monoisotopic (exact) mass is 298 g/mol. The smallest absolute Gasteiger partial charge is 0.199 e. The number of hydrogen-bond acceptors (Lipinski definition) is 4. The Morgan fingerprint density at radius 3 is 2.65 bits per heavy atom. The zero-order valence-corrected chi connectivity index (χ0v) is 13.6. The van der Waals surface area contributed by atoms with E-state index >= 15 is 0 Å². The zero-order valence-electron chi connectivity index (χ0n) is 12.7. The van der Waals surface area contributed by atoms with E-state index in [1.54, 1.807) is 0 Å². The van der Waals surface area contributed by atoms with Crippen molar-refractivity contribution in [3.8, 4) is 0 Å². The van der Waals surface area contributed by atoms with Gasteiger partial charge >= 0.3 is 0 Å². The van der Waals surface area contributed by atoms with E-state index in [1.165, 1.54) is 6.42 Å². The molecular weight excluding hydrogens is 272 g/mol. The van der Waals surface area contributed by atoms with Crippen molar-refractivity contribution in [3.05, 3.63) is 10.6 Å². The van der Waals surface area contributed by atoms with Crippen molar-refractivity contribution in [1.29, 1.82) is 0 Å². The Morgan fingerprint density at radius 2 is 2.15 bits per heavy atom. The molecule has 20 heavy (non-hydrogen) atoms. The fourth-order valence-electron chi connectivity index (χ4n) is 2.41. The standard InChI is InChI=1S/C14H26N4OS/c1-4-11(3)8-16(5-2)10-17-14(20)18(12-6-7-12)13(9-19)15-17/h11-12,19H,4-10H2,1-3H3. The van der Waals surface area contributed by atoms with E-state index in [1.807, 2.05) is 9.25 Å². The summed E-state index contributed by atoms with van der Waals surface area (Å²) >= 11 is 5.53. The van der Waals surface area contributed by atoms with E-state index in [2.05, 4.69) is 30.8 Å². The summed E-state index contributed by atoms with van der Waals surface area (Å²) in [4.78, 5) is 2.36. The summed E-state index contributed by atoms with van der Waals surface area (Å²) in [5, 5.41) is 13.9. The van der Waals surface area contributed by atoms with Gasteiger partial charge in [-0.2, -0.15) is 5.10 Å². The average Bonchev–Trinajstić information content (AvgIpc) is 3.23. The van der Waals surface area contributed by atoms with Gasteiger partial charge in [-0.25, -0.2) is 4.68 Å². The van der Waals surface area contributed by atoms with Crippen LogP contribution in [0.15, 0.2) is 0 Å². The lowest BCUT2D eigenvalue weighted by Crippen LogP contribution is -2.31. The van der Waals surface area contributed by atoms with Crippen molar-refractivity contribution < 1.29 is 5.11 Å². The molecule has 1 heterocycles. The molecule has 0 aromatic carbocycles. The third-order valence-electron chi connectivity index (χ3n) is 4.04. The summed E-state index contributed by atoms with van der Waals surface area (Å²) in [6.45, 7) is 9.37. The predicted octanol–water partition coefficient (Wildman–Crippen LogP) is 2.57. The molecule has 1 aromatic heterocycles. The second-order valence-corrected chi connectivity index (χ2v) is 6.15. The molecule has 1 unspecified atom stereocenters. The minimum absolute atomic E-state index is 0.0371. The van der Waals surface area contributed by atoms with Crippen LogP contribution in [0.3, 0.4) is 0 Å². The predicted molar refractivity (Wildman–Crippen MR) is 81.9 cm³/mol. The van der Waals surface area contributed by atoms with Crippen LogP contribution in [0.1, 0.15) is 51.9 Å². The topological polar surface area (TPSA) is 46.2 Å². The molecule has 0 radical (unpaired) electrons. The van der Waals surface area contributed by atoms with Gasteiger partial charge in [0.2, 0.25) is 0 Å². The van der Waals surface area contributed by atoms with E-state index in [0.717, 1.165) is 30.7 Å². The Bertz CT molecular complexity index is 492. The van der Waals surface area contributed by atoms with Crippen LogP contribution in [-0.4, -0.2) is 37.4 Å². The van der Waals surface area contributed by atoms with Crippen molar-refractivity contribution in [2.75, 3.05) is 13.1 Å². The first-order chi connectivity index (χ1) is 9.60. The van der Waals surface area contributed by atoms with Crippen molar-refractivity contribution in [2.24, 2.45) is 5.92 Å². The first kappa shape index (κ1) is 15.7. The molecular formula is C14H26N4OS. The van der Waals surface area contributed by atoms with Crippen LogP contribution >= 0.6 is 12.2 Å². The minimum atomic E-state index is -0.0371. The number of hydrogen-bond donors (Lipinski definition) is 1. The Balaban J connectivity index is 2.14. The van der Waals surface area contributed by atoms with Gasteiger partial charge in [0.05, 0.1) is 6.67 Å². The van der Waals surface area contributed by atoms with Gasteiger partial charge in [0.1, 0.15) is 6.61 Å². The first-order valence-corrected chi connectivity index (χ1v) is 8.02. The maximum atomic E-state index is 9.45. The molecule has 5 nitrogen and oxygen atoms in total. The number of aromatic nitrogens is 3. The summed E-state index contributed by atoms with van der Waals surface area (Å²) in [6.07, 6.45) is 3.48. The highest BCUT2D eigenvalue weighted by Crippen LogP contribution is 2.36. The Morgan fingerprint density at radius 1 is 1.45 bits per heavy atom. The molecule has 1 fully saturated rings. The van der Waals surface area contributed by atoms with Gasteiger partial charge in [0.25, 0.3) is 0 Å². The van der Waals surface area contributed by atoms with Crippen LogP contribution in [0.5, 0.6) is 0 Å². The summed E-state index contributed by atoms with van der Waals surface area (Å²) in [7, 11) is 0. The normalized spacial score (nSPS) is 16.9. The Hall–Kier alpha value is -0.720. The molecule has 0 saturated heterocycles. The van der Waals surface area contributed by atoms with Crippen LogP contribution in [-0.2, 0) is 13.3 Å². The molecule has 0 spiro atoms. The van der Waals surface area contributed by atoms with E-state index in [0.29, 0.717) is 24.5 Å². The lowest BCUT2D eigenvalue weighted by molar-refractivity contribution is 0.185. The molecule has 6 heteroatoms. The van der Waals surface area contributed by atoms with Crippen LogP contribution in [0.25, 0.3) is 0 Å². The van der Waals surface area contributed by atoms with Crippen molar-refractivity contribution >= 4 is 12.2 Å². The molecule has 0 bridgehead atoms. The van der Waals surface area contributed by atoms with E-state index in [9.17, 15) is 5.11 Å². The van der Waals surface area contributed by atoms with E-state index in [4.69, 9.17) is 12.2 Å². The highest BCUT2D eigenvalue weighted by molar-refractivity contribution is 7.71. The number of nitrogens with zero attached hydrogens (tertiary/aromatic N) is 4.